The van der Waals surface area contributed by atoms with Crippen molar-refractivity contribution in [1.82, 2.24) is 4.98 Å². The van der Waals surface area contributed by atoms with Gasteiger partial charge in [0.2, 0.25) is 0 Å². The molecular formula is C35H23N. The van der Waals surface area contributed by atoms with Crippen molar-refractivity contribution in [3.05, 3.63) is 140 Å². The van der Waals surface area contributed by atoms with E-state index in [1.54, 1.807) is 0 Å². The number of benzene rings is 6. The normalized spacial score (nSPS) is 11.3. The van der Waals surface area contributed by atoms with Crippen LogP contribution in [0.25, 0.3) is 65.7 Å². The van der Waals surface area contributed by atoms with Crippen LogP contribution in [0, 0.1) is 0 Å². The molecule has 0 atom stereocenters. The third-order valence-corrected chi connectivity index (χ3v) is 7.14. The average Bonchev–Trinajstić information content (AvgIpc) is 2.96. The van der Waals surface area contributed by atoms with Crippen molar-refractivity contribution in [2.75, 3.05) is 0 Å². The van der Waals surface area contributed by atoms with Gasteiger partial charge in [0.25, 0.3) is 0 Å². The first-order valence-corrected chi connectivity index (χ1v) is 12.3. The van der Waals surface area contributed by atoms with Gasteiger partial charge < -0.3 is 0 Å². The number of pyridine rings is 1. The first-order valence-electron chi connectivity index (χ1n) is 12.3. The van der Waals surface area contributed by atoms with Crippen LogP contribution >= 0.6 is 0 Å². The molecule has 0 spiro atoms. The van der Waals surface area contributed by atoms with Gasteiger partial charge in [-0.3, -0.25) is 4.98 Å². The molecule has 0 aliphatic heterocycles. The van der Waals surface area contributed by atoms with Gasteiger partial charge in [0.15, 0.2) is 0 Å². The van der Waals surface area contributed by atoms with E-state index in [0.29, 0.717) is 0 Å². The Morgan fingerprint density at radius 1 is 0.333 bits per heavy atom. The Morgan fingerprint density at radius 2 is 0.806 bits per heavy atom. The summed E-state index contributed by atoms with van der Waals surface area (Å²) < 4.78 is 0. The summed E-state index contributed by atoms with van der Waals surface area (Å²) >= 11 is 0. The van der Waals surface area contributed by atoms with Crippen LogP contribution < -0.4 is 0 Å². The van der Waals surface area contributed by atoms with Crippen molar-refractivity contribution in [2.24, 2.45) is 0 Å². The second kappa shape index (κ2) is 8.48. The van der Waals surface area contributed by atoms with E-state index in [1.807, 2.05) is 12.4 Å². The van der Waals surface area contributed by atoms with E-state index in [4.69, 9.17) is 0 Å². The Kier molecular flexibility index (Phi) is 4.85. The number of fused-ring (bicyclic) bond motifs is 3. The summed E-state index contributed by atoms with van der Waals surface area (Å²) in [7, 11) is 0. The Hall–Kier alpha value is -4.75. The molecule has 0 unspecified atom stereocenters. The van der Waals surface area contributed by atoms with Crippen LogP contribution in [0.5, 0.6) is 0 Å². The van der Waals surface area contributed by atoms with Gasteiger partial charge >= 0.3 is 0 Å². The zero-order valence-corrected chi connectivity index (χ0v) is 19.7. The molecule has 0 saturated carbocycles. The Balaban J connectivity index is 1.49. The van der Waals surface area contributed by atoms with Crippen LogP contribution in [0.15, 0.2) is 140 Å². The van der Waals surface area contributed by atoms with Gasteiger partial charge in [0.05, 0.1) is 0 Å². The highest BCUT2D eigenvalue weighted by molar-refractivity contribution is 6.21. The molecule has 0 bridgehead atoms. The molecule has 0 aliphatic carbocycles. The third-order valence-electron chi connectivity index (χ3n) is 7.14. The Morgan fingerprint density at radius 3 is 1.39 bits per heavy atom. The van der Waals surface area contributed by atoms with E-state index in [2.05, 4.69) is 132 Å². The fourth-order valence-corrected chi connectivity index (χ4v) is 5.48. The van der Waals surface area contributed by atoms with Gasteiger partial charge in [-0.2, -0.15) is 0 Å². The van der Waals surface area contributed by atoms with E-state index in [0.717, 1.165) is 0 Å². The average molecular weight is 458 g/mol. The lowest BCUT2D eigenvalue weighted by Gasteiger charge is -2.18. The second-order valence-electron chi connectivity index (χ2n) is 9.22. The second-order valence-corrected chi connectivity index (χ2v) is 9.22. The lowest BCUT2D eigenvalue weighted by Crippen LogP contribution is -1.90. The third kappa shape index (κ3) is 3.37. The van der Waals surface area contributed by atoms with Gasteiger partial charge in [0, 0.05) is 12.4 Å². The maximum absolute atomic E-state index is 4.15. The summed E-state index contributed by atoms with van der Waals surface area (Å²) in [5.41, 5.74) is 7.48. The van der Waals surface area contributed by atoms with Crippen molar-refractivity contribution >= 4 is 32.3 Å². The minimum atomic E-state index is 1.18. The largest absolute Gasteiger partial charge is 0.265 e. The summed E-state index contributed by atoms with van der Waals surface area (Å²) in [6, 6.07) is 46.1. The van der Waals surface area contributed by atoms with Gasteiger partial charge in [-0.25, -0.2) is 0 Å². The first-order chi connectivity index (χ1) is 17.9. The van der Waals surface area contributed by atoms with Crippen molar-refractivity contribution in [2.45, 2.75) is 0 Å². The number of rotatable bonds is 3. The summed E-state index contributed by atoms with van der Waals surface area (Å²) in [6.07, 6.45) is 3.69. The zero-order chi connectivity index (χ0) is 23.9. The van der Waals surface area contributed by atoms with Crippen molar-refractivity contribution in [3.63, 3.8) is 0 Å². The first kappa shape index (κ1) is 20.6. The van der Waals surface area contributed by atoms with E-state index >= 15 is 0 Å². The molecule has 1 aromatic heterocycles. The predicted molar refractivity (Wildman–Crippen MR) is 153 cm³/mol. The molecule has 0 fully saturated rings. The molecule has 168 valence electrons. The molecule has 6 aromatic carbocycles. The molecule has 7 aromatic rings. The monoisotopic (exact) mass is 457 g/mol. The lowest BCUT2D eigenvalue weighted by atomic mass is 9.85. The summed E-state index contributed by atoms with van der Waals surface area (Å²) in [5.74, 6) is 0. The van der Waals surface area contributed by atoms with Crippen molar-refractivity contribution in [3.8, 4) is 33.4 Å². The molecular weight excluding hydrogens is 434 g/mol. The Labute approximate surface area is 210 Å². The molecule has 7 rings (SSSR count). The van der Waals surface area contributed by atoms with Crippen LogP contribution in [0.2, 0.25) is 0 Å². The smallest absolute Gasteiger partial charge is 0.0273 e. The minimum Gasteiger partial charge on any atom is -0.265 e. The molecule has 0 saturated heterocycles. The fourth-order valence-electron chi connectivity index (χ4n) is 5.48. The molecule has 1 heterocycles. The molecule has 0 amide bonds. The van der Waals surface area contributed by atoms with E-state index in [-0.39, 0.29) is 0 Å². The molecule has 0 N–H and O–H groups in total. The topological polar surface area (TPSA) is 12.9 Å². The highest BCUT2D eigenvalue weighted by atomic mass is 14.6. The molecule has 36 heavy (non-hydrogen) atoms. The molecule has 0 radical (unpaired) electrons. The number of hydrogen-bond acceptors (Lipinski definition) is 1. The standard InChI is InChI=1S/C35H23N/c1-2-8-25(9-3-1)34-30-10-4-6-12-32(30)35(33-13-7-5-11-31(33)34)29-17-16-27-22-26(14-15-28(27)23-29)24-18-20-36-21-19-24/h1-23H. The molecule has 1 nitrogen and oxygen atoms in total. The molecule has 0 aliphatic rings. The number of aromatic nitrogens is 1. The zero-order valence-electron chi connectivity index (χ0n) is 19.7. The highest BCUT2D eigenvalue weighted by Gasteiger charge is 2.16. The summed E-state index contributed by atoms with van der Waals surface area (Å²) in [4.78, 5) is 4.15. The highest BCUT2D eigenvalue weighted by Crippen LogP contribution is 2.44. The van der Waals surface area contributed by atoms with Gasteiger partial charge in [-0.05, 0) is 90.0 Å². The summed E-state index contributed by atoms with van der Waals surface area (Å²) in [6.45, 7) is 0. The summed E-state index contributed by atoms with van der Waals surface area (Å²) in [5, 5.41) is 7.61. The van der Waals surface area contributed by atoms with Gasteiger partial charge in [-0.1, -0.05) is 103 Å². The Bertz CT molecular complexity index is 1810. The van der Waals surface area contributed by atoms with Crippen molar-refractivity contribution < 1.29 is 0 Å². The van der Waals surface area contributed by atoms with E-state index in [1.165, 1.54) is 65.7 Å². The SMILES string of the molecule is c1ccc(-c2c3ccccc3c(-c3ccc4cc(-c5ccncc5)ccc4c3)c3ccccc23)cc1. The van der Waals surface area contributed by atoms with Gasteiger partial charge in [0.1, 0.15) is 0 Å². The number of nitrogens with zero attached hydrogens (tertiary/aromatic N) is 1. The number of hydrogen-bond donors (Lipinski definition) is 0. The maximum Gasteiger partial charge on any atom is 0.0273 e. The van der Waals surface area contributed by atoms with Gasteiger partial charge in [-0.15, -0.1) is 0 Å². The van der Waals surface area contributed by atoms with E-state index < -0.39 is 0 Å². The maximum atomic E-state index is 4.15. The van der Waals surface area contributed by atoms with Crippen molar-refractivity contribution in [1.29, 1.82) is 0 Å². The van der Waals surface area contributed by atoms with Crippen LogP contribution in [0.4, 0.5) is 0 Å². The fraction of sp³-hybridized carbons (Fsp3) is 0. The van der Waals surface area contributed by atoms with Crippen LogP contribution in [0.1, 0.15) is 0 Å². The van der Waals surface area contributed by atoms with Crippen LogP contribution in [0.3, 0.4) is 0 Å². The predicted octanol–water partition coefficient (Wildman–Crippen LogP) is 9.54. The minimum absolute atomic E-state index is 1.18. The van der Waals surface area contributed by atoms with E-state index in [9.17, 15) is 0 Å². The quantitative estimate of drug-likeness (QED) is 0.241. The van der Waals surface area contributed by atoms with Crippen LogP contribution in [-0.2, 0) is 0 Å². The molecule has 1 heteroatoms. The van der Waals surface area contributed by atoms with Crippen LogP contribution in [-0.4, -0.2) is 4.98 Å². The lowest BCUT2D eigenvalue weighted by molar-refractivity contribution is 1.33.